The molecule has 1 amide bonds. The number of rotatable bonds is 7. The van der Waals surface area contributed by atoms with E-state index in [0.29, 0.717) is 29.7 Å². The third-order valence-electron chi connectivity index (χ3n) is 9.55. The average Bonchev–Trinajstić information content (AvgIpc) is 2.79. The largest absolute Gasteiger partial charge is 0.353 e. The van der Waals surface area contributed by atoms with Gasteiger partial charge >= 0.3 is 0 Å². The van der Waals surface area contributed by atoms with Crippen molar-refractivity contribution in [2.24, 2.45) is 34.8 Å². The smallest absolute Gasteiger partial charge is 0.226 e. The molecule has 0 spiro atoms. The van der Waals surface area contributed by atoms with Gasteiger partial charge in [-0.25, -0.2) is 0 Å². The minimum absolute atomic E-state index is 0.163. The van der Waals surface area contributed by atoms with Crippen molar-refractivity contribution in [3.8, 4) is 0 Å². The lowest BCUT2D eigenvalue weighted by molar-refractivity contribution is -0.159. The second-order valence-corrected chi connectivity index (χ2v) is 11.7. The Morgan fingerprint density at radius 2 is 1.71 bits per heavy atom. The molecule has 0 aromatic heterocycles. The Morgan fingerprint density at radius 1 is 1.03 bits per heavy atom. The van der Waals surface area contributed by atoms with E-state index in [9.17, 15) is 4.79 Å². The topological polar surface area (TPSA) is 55.1 Å². The van der Waals surface area contributed by atoms with Crippen molar-refractivity contribution in [3.63, 3.8) is 0 Å². The molecule has 3 N–H and O–H groups in total. The van der Waals surface area contributed by atoms with E-state index in [1.165, 1.54) is 24.8 Å². The number of benzene rings is 1. The molecule has 31 heavy (non-hydrogen) atoms. The Bertz CT molecular complexity index is 757. The van der Waals surface area contributed by atoms with E-state index < -0.39 is 0 Å². The molecule has 1 aromatic carbocycles. The molecule has 170 valence electrons. The molecular formula is C27H39ClN2O. The standard InChI is InChI=1S/C27H39ClN2O/c28-12-4-7-24-20-13-26(22-5-2-1-3-6-22)14-21(24)16-27(15-20,18-26)25(31)30-23-10-8-19(17-29)9-11-23/h1-3,5-6,19-21,23-24H,4,7-18,29H2,(H,30,31). The number of hydrogen-bond acceptors (Lipinski definition) is 2. The Kier molecular flexibility index (Phi) is 6.11. The van der Waals surface area contributed by atoms with E-state index in [1.54, 1.807) is 0 Å². The van der Waals surface area contributed by atoms with Crippen molar-refractivity contribution in [2.75, 3.05) is 12.4 Å². The molecule has 1 aromatic rings. The van der Waals surface area contributed by atoms with Crippen LogP contribution >= 0.6 is 11.6 Å². The van der Waals surface area contributed by atoms with Crippen molar-refractivity contribution in [3.05, 3.63) is 35.9 Å². The highest BCUT2D eigenvalue weighted by molar-refractivity contribution is 6.17. The molecule has 5 saturated carbocycles. The minimum atomic E-state index is -0.163. The van der Waals surface area contributed by atoms with Crippen LogP contribution in [0.2, 0.25) is 0 Å². The molecule has 0 heterocycles. The second-order valence-electron chi connectivity index (χ2n) is 11.4. The van der Waals surface area contributed by atoms with Gasteiger partial charge in [0.15, 0.2) is 0 Å². The maximum Gasteiger partial charge on any atom is 0.226 e. The summed E-state index contributed by atoms with van der Waals surface area (Å²) in [6, 6.07) is 11.5. The van der Waals surface area contributed by atoms with Crippen molar-refractivity contribution < 1.29 is 4.79 Å². The minimum Gasteiger partial charge on any atom is -0.353 e. The van der Waals surface area contributed by atoms with E-state index in [0.717, 1.165) is 69.7 Å². The Hall–Kier alpha value is -1.06. The highest BCUT2D eigenvalue weighted by atomic mass is 35.5. The zero-order valence-electron chi connectivity index (χ0n) is 18.8. The summed E-state index contributed by atoms with van der Waals surface area (Å²) < 4.78 is 0. The van der Waals surface area contributed by atoms with Gasteiger partial charge in [0.2, 0.25) is 5.91 Å². The van der Waals surface area contributed by atoms with Crippen LogP contribution in [0, 0.1) is 29.1 Å². The molecule has 4 heteroatoms. The number of carbonyl (C=O) groups is 1. The van der Waals surface area contributed by atoms with Gasteiger partial charge in [-0.15, -0.1) is 11.6 Å². The first-order valence-corrected chi connectivity index (χ1v) is 13.2. The monoisotopic (exact) mass is 442 g/mol. The molecule has 4 bridgehead atoms. The van der Waals surface area contributed by atoms with Crippen molar-refractivity contribution >= 4 is 17.5 Å². The lowest BCUT2D eigenvalue weighted by Crippen LogP contribution is -2.62. The summed E-state index contributed by atoms with van der Waals surface area (Å²) in [6.07, 6.45) is 12.6. The van der Waals surface area contributed by atoms with E-state index in [-0.39, 0.29) is 10.8 Å². The highest BCUT2D eigenvalue weighted by Crippen LogP contribution is 2.68. The van der Waals surface area contributed by atoms with Crippen molar-refractivity contribution in [1.29, 1.82) is 0 Å². The van der Waals surface area contributed by atoms with Crippen LogP contribution in [0.4, 0.5) is 0 Å². The van der Waals surface area contributed by atoms with Gasteiger partial charge in [0, 0.05) is 11.9 Å². The summed E-state index contributed by atoms with van der Waals surface area (Å²) in [5, 5.41) is 3.55. The zero-order valence-corrected chi connectivity index (χ0v) is 19.6. The molecular weight excluding hydrogens is 404 g/mol. The van der Waals surface area contributed by atoms with Gasteiger partial charge in [0.25, 0.3) is 0 Å². The molecule has 5 aliphatic carbocycles. The zero-order chi connectivity index (χ0) is 21.5. The van der Waals surface area contributed by atoms with Crippen LogP contribution in [0.5, 0.6) is 0 Å². The quantitative estimate of drug-likeness (QED) is 0.555. The summed E-state index contributed by atoms with van der Waals surface area (Å²) in [5.74, 6) is 3.88. The number of nitrogens with one attached hydrogen (secondary N) is 1. The third-order valence-corrected chi connectivity index (χ3v) is 9.82. The summed E-state index contributed by atoms with van der Waals surface area (Å²) in [4.78, 5) is 13.9. The fourth-order valence-electron chi connectivity index (χ4n) is 8.31. The summed E-state index contributed by atoms with van der Waals surface area (Å²) in [6.45, 7) is 0.789. The van der Waals surface area contributed by atoms with Crippen molar-refractivity contribution in [1.82, 2.24) is 5.32 Å². The Morgan fingerprint density at radius 3 is 2.32 bits per heavy atom. The van der Waals surface area contributed by atoms with E-state index in [1.807, 2.05) is 0 Å². The van der Waals surface area contributed by atoms with Crippen LogP contribution in [-0.2, 0) is 10.2 Å². The van der Waals surface area contributed by atoms with Gasteiger partial charge in [0.05, 0.1) is 5.41 Å². The Labute approximate surface area is 192 Å². The SMILES string of the molecule is NCC1CCC(NC(=O)C23CC4CC(c5ccccc5)(CC(C2)C4CCCCl)C3)CC1. The fraction of sp³-hybridized carbons (Fsp3) is 0.741. The molecule has 5 aliphatic rings. The summed E-state index contributed by atoms with van der Waals surface area (Å²) in [5.41, 5.74) is 7.38. The normalized spacial score (nSPS) is 41.3. The number of hydrogen-bond donors (Lipinski definition) is 2. The van der Waals surface area contributed by atoms with Gasteiger partial charge in [0.1, 0.15) is 0 Å². The maximum absolute atomic E-state index is 13.9. The third kappa shape index (κ3) is 3.95. The first-order chi connectivity index (χ1) is 15.1. The number of nitrogens with two attached hydrogens (primary N) is 1. The lowest BCUT2D eigenvalue weighted by Gasteiger charge is -2.64. The number of alkyl halides is 1. The number of halogens is 1. The Balaban J connectivity index is 1.38. The van der Waals surface area contributed by atoms with Crippen LogP contribution in [0.3, 0.4) is 0 Å². The van der Waals surface area contributed by atoms with E-state index >= 15 is 0 Å². The summed E-state index contributed by atoms with van der Waals surface area (Å²) >= 11 is 6.07. The van der Waals surface area contributed by atoms with Crippen LogP contribution in [0.15, 0.2) is 30.3 Å². The number of amides is 1. The molecule has 5 fully saturated rings. The highest BCUT2D eigenvalue weighted by Gasteiger charge is 2.63. The average molecular weight is 443 g/mol. The first-order valence-electron chi connectivity index (χ1n) is 12.7. The predicted octanol–water partition coefficient (Wildman–Crippen LogP) is 5.40. The molecule has 2 atom stereocenters. The van der Waals surface area contributed by atoms with Gasteiger partial charge in [-0.1, -0.05) is 30.3 Å². The van der Waals surface area contributed by atoms with E-state index in [2.05, 4.69) is 35.6 Å². The molecule has 0 radical (unpaired) electrons. The van der Waals surface area contributed by atoms with Crippen LogP contribution in [0.1, 0.15) is 76.2 Å². The molecule has 3 nitrogen and oxygen atoms in total. The predicted molar refractivity (Wildman–Crippen MR) is 127 cm³/mol. The van der Waals surface area contributed by atoms with Crippen LogP contribution < -0.4 is 11.1 Å². The number of carbonyl (C=O) groups excluding carboxylic acids is 1. The maximum atomic E-state index is 13.9. The van der Waals surface area contributed by atoms with Gasteiger partial charge in [-0.3, -0.25) is 4.79 Å². The van der Waals surface area contributed by atoms with Crippen molar-refractivity contribution in [2.45, 2.75) is 82.1 Å². The molecule has 0 saturated heterocycles. The molecule has 0 aliphatic heterocycles. The van der Waals surface area contributed by atoms with Gasteiger partial charge in [-0.05, 0) is 112 Å². The molecule has 6 rings (SSSR count). The fourth-order valence-corrected chi connectivity index (χ4v) is 8.46. The van der Waals surface area contributed by atoms with E-state index in [4.69, 9.17) is 17.3 Å². The summed E-state index contributed by atoms with van der Waals surface area (Å²) in [7, 11) is 0. The van der Waals surface area contributed by atoms with Gasteiger partial charge < -0.3 is 11.1 Å². The van der Waals surface area contributed by atoms with Crippen LogP contribution in [-0.4, -0.2) is 24.4 Å². The second kappa shape index (κ2) is 8.71. The van der Waals surface area contributed by atoms with Crippen LogP contribution in [0.25, 0.3) is 0 Å². The molecule has 2 unspecified atom stereocenters. The van der Waals surface area contributed by atoms with Gasteiger partial charge in [-0.2, -0.15) is 0 Å². The first kappa shape index (κ1) is 21.8. The lowest BCUT2D eigenvalue weighted by atomic mass is 9.39.